The van der Waals surface area contributed by atoms with Crippen molar-refractivity contribution in [3.8, 4) is 0 Å². The van der Waals surface area contributed by atoms with Gasteiger partial charge < -0.3 is 14.8 Å². The smallest absolute Gasteiger partial charge is 0.225 e. The van der Waals surface area contributed by atoms with Crippen LogP contribution in [0, 0.1) is 12.8 Å². The Bertz CT molecular complexity index is 1420. The lowest BCUT2D eigenvalue weighted by atomic mass is 9.87. The van der Waals surface area contributed by atoms with Gasteiger partial charge in [0.05, 0.1) is 0 Å². The average Bonchev–Trinajstić information content (AvgIpc) is 3.35. The van der Waals surface area contributed by atoms with Crippen molar-refractivity contribution in [1.29, 1.82) is 0 Å². The van der Waals surface area contributed by atoms with Crippen LogP contribution in [0.1, 0.15) is 80.4 Å². The fourth-order valence-electron chi connectivity index (χ4n) is 6.95. The number of carbonyl (C=O) groups excluding carboxylic acids is 1. The first-order valence-electron chi connectivity index (χ1n) is 15.4. The summed E-state index contributed by atoms with van der Waals surface area (Å²) in [5.74, 6) is 0.789. The third kappa shape index (κ3) is 6.11. The number of amides is 1. The molecule has 2 heterocycles. The van der Waals surface area contributed by atoms with Crippen molar-refractivity contribution in [3.05, 3.63) is 95.7 Å². The van der Waals surface area contributed by atoms with Crippen LogP contribution in [-0.4, -0.2) is 23.6 Å². The molecule has 4 nitrogen and oxygen atoms in total. The lowest BCUT2D eigenvalue weighted by molar-refractivity contribution is -0.116. The van der Waals surface area contributed by atoms with Gasteiger partial charge in [-0.1, -0.05) is 67.3 Å². The lowest BCUT2D eigenvalue weighted by Gasteiger charge is -2.28. The number of benzene rings is 3. The van der Waals surface area contributed by atoms with Crippen LogP contribution in [0.15, 0.2) is 79.0 Å². The molecule has 208 valence electrons. The molecule has 3 aromatic carbocycles. The van der Waals surface area contributed by atoms with E-state index >= 15 is 0 Å². The maximum absolute atomic E-state index is 13.6. The highest BCUT2D eigenvalue weighted by molar-refractivity contribution is 5.93. The van der Waals surface area contributed by atoms with Crippen LogP contribution in [0.25, 0.3) is 10.9 Å². The van der Waals surface area contributed by atoms with E-state index in [9.17, 15) is 4.79 Å². The molecule has 2 aliphatic rings. The van der Waals surface area contributed by atoms with Crippen LogP contribution in [0.4, 0.5) is 11.4 Å². The van der Waals surface area contributed by atoms with Crippen LogP contribution in [-0.2, 0) is 11.3 Å². The Balaban J connectivity index is 1.26. The summed E-state index contributed by atoms with van der Waals surface area (Å²) in [6.45, 7) is 5.45. The van der Waals surface area contributed by atoms with Gasteiger partial charge in [-0.25, -0.2) is 0 Å². The zero-order valence-corrected chi connectivity index (χ0v) is 23.9. The topological polar surface area (TPSA) is 37.3 Å². The number of piperidine rings is 1. The quantitative estimate of drug-likeness (QED) is 0.246. The Labute approximate surface area is 239 Å². The Morgan fingerprint density at radius 2 is 1.62 bits per heavy atom. The number of rotatable bonds is 8. The van der Waals surface area contributed by atoms with E-state index in [1.807, 2.05) is 0 Å². The number of nitrogens with one attached hydrogen (secondary N) is 1. The van der Waals surface area contributed by atoms with Gasteiger partial charge in [-0.3, -0.25) is 4.79 Å². The van der Waals surface area contributed by atoms with Crippen LogP contribution in [0.2, 0.25) is 0 Å². The summed E-state index contributed by atoms with van der Waals surface area (Å²) >= 11 is 0. The fraction of sp³-hybridized carbons (Fsp3) is 0.417. The number of anilines is 2. The normalized spacial score (nSPS) is 17.2. The molecule has 1 aromatic heterocycles. The first-order chi connectivity index (χ1) is 19.6. The summed E-state index contributed by atoms with van der Waals surface area (Å²) in [7, 11) is 0. The standard InChI is InChI=1S/C36H43N3O/c1-27-11-10-14-29(23-27)33(24-36(40)37-30-17-19-31(20-18-30)38-21-8-3-9-22-38)34-26-39(25-28-12-4-2-5-13-28)35-16-7-6-15-32(34)35/h6-7,10-11,14-20,23,26,28,33H,2-5,8-9,12-13,21-22,24-25H2,1H3,(H,37,40). The second kappa shape index (κ2) is 12.3. The Morgan fingerprint density at radius 1 is 0.875 bits per heavy atom. The predicted molar refractivity (Wildman–Crippen MR) is 167 cm³/mol. The zero-order chi connectivity index (χ0) is 27.3. The number of nitrogens with zero attached hydrogens (tertiary/aromatic N) is 2. The second-order valence-electron chi connectivity index (χ2n) is 12.1. The summed E-state index contributed by atoms with van der Waals surface area (Å²) in [4.78, 5) is 16.0. The first-order valence-corrected chi connectivity index (χ1v) is 15.4. The van der Waals surface area contributed by atoms with Crippen LogP contribution in [0.3, 0.4) is 0 Å². The predicted octanol–water partition coefficient (Wildman–Crippen LogP) is 8.68. The van der Waals surface area contributed by atoms with Gasteiger partial charge in [0.25, 0.3) is 0 Å². The first kappa shape index (κ1) is 26.7. The van der Waals surface area contributed by atoms with Gasteiger partial charge in [0, 0.05) is 60.4 Å². The van der Waals surface area contributed by atoms with Gasteiger partial charge in [0.2, 0.25) is 5.91 Å². The summed E-state index contributed by atoms with van der Waals surface area (Å²) < 4.78 is 2.47. The molecule has 1 aliphatic carbocycles. The van der Waals surface area contributed by atoms with E-state index in [2.05, 4.69) is 101 Å². The second-order valence-corrected chi connectivity index (χ2v) is 12.1. The van der Waals surface area contributed by atoms with E-state index in [1.165, 1.54) is 84.6 Å². The Hall–Kier alpha value is -3.53. The fourth-order valence-corrected chi connectivity index (χ4v) is 6.95. The molecule has 1 saturated carbocycles. The van der Waals surface area contributed by atoms with Crippen LogP contribution in [0.5, 0.6) is 0 Å². The van der Waals surface area contributed by atoms with Gasteiger partial charge >= 0.3 is 0 Å². The van der Waals surface area contributed by atoms with E-state index in [4.69, 9.17) is 0 Å². The highest BCUT2D eigenvalue weighted by Gasteiger charge is 2.24. The number of para-hydroxylation sites is 1. The van der Waals surface area contributed by atoms with Crippen LogP contribution >= 0.6 is 0 Å². The number of aryl methyl sites for hydroxylation is 1. The molecule has 1 aliphatic heterocycles. The molecule has 1 saturated heterocycles. The van der Waals surface area contributed by atoms with Crippen LogP contribution < -0.4 is 10.2 Å². The molecule has 2 fully saturated rings. The van der Waals surface area contributed by atoms with Crippen molar-refractivity contribution >= 4 is 28.2 Å². The van der Waals surface area contributed by atoms with Gasteiger partial charge in [0.15, 0.2) is 0 Å². The van der Waals surface area contributed by atoms with Crippen molar-refractivity contribution in [2.24, 2.45) is 5.92 Å². The molecule has 1 N–H and O–H groups in total. The highest BCUT2D eigenvalue weighted by Crippen LogP contribution is 2.37. The minimum absolute atomic E-state index is 0.00923. The molecular formula is C36H43N3O. The minimum atomic E-state index is -0.00923. The third-order valence-corrected chi connectivity index (χ3v) is 9.08. The number of hydrogen-bond donors (Lipinski definition) is 1. The largest absolute Gasteiger partial charge is 0.372 e. The molecule has 40 heavy (non-hydrogen) atoms. The van der Waals surface area contributed by atoms with Crippen molar-refractivity contribution in [2.75, 3.05) is 23.3 Å². The Kier molecular flexibility index (Phi) is 8.22. The number of hydrogen-bond acceptors (Lipinski definition) is 2. The average molecular weight is 534 g/mol. The molecule has 1 atom stereocenters. The Morgan fingerprint density at radius 3 is 2.40 bits per heavy atom. The summed E-state index contributed by atoms with van der Waals surface area (Å²) in [6.07, 6.45) is 13.3. The molecule has 1 amide bonds. The van der Waals surface area contributed by atoms with Crippen molar-refractivity contribution < 1.29 is 4.79 Å². The van der Waals surface area contributed by atoms with E-state index in [0.717, 1.165) is 31.2 Å². The SMILES string of the molecule is Cc1cccc(C(CC(=O)Nc2ccc(N3CCCCC3)cc2)c2cn(CC3CCCCC3)c3ccccc23)c1. The molecule has 6 rings (SSSR count). The van der Waals surface area contributed by atoms with E-state index in [-0.39, 0.29) is 11.8 Å². The van der Waals surface area contributed by atoms with Gasteiger partial charge in [-0.05, 0) is 86.4 Å². The van der Waals surface area contributed by atoms with Crippen molar-refractivity contribution in [2.45, 2.75) is 77.2 Å². The molecule has 4 heteroatoms. The third-order valence-electron chi connectivity index (χ3n) is 9.08. The van der Waals surface area contributed by atoms with E-state index in [0.29, 0.717) is 6.42 Å². The molecule has 4 aromatic rings. The lowest BCUT2D eigenvalue weighted by Crippen LogP contribution is -2.29. The maximum Gasteiger partial charge on any atom is 0.225 e. The van der Waals surface area contributed by atoms with Gasteiger partial charge in [0.1, 0.15) is 0 Å². The maximum atomic E-state index is 13.6. The van der Waals surface area contributed by atoms with Gasteiger partial charge in [-0.2, -0.15) is 0 Å². The van der Waals surface area contributed by atoms with Crippen molar-refractivity contribution in [3.63, 3.8) is 0 Å². The molecule has 0 bridgehead atoms. The summed E-state index contributed by atoms with van der Waals surface area (Å²) in [5.41, 5.74) is 7.09. The number of aromatic nitrogens is 1. The van der Waals surface area contributed by atoms with E-state index in [1.54, 1.807) is 0 Å². The monoisotopic (exact) mass is 533 g/mol. The summed E-state index contributed by atoms with van der Waals surface area (Å²) in [6, 6.07) is 25.9. The molecule has 1 unspecified atom stereocenters. The molecule has 0 radical (unpaired) electrons. The number of fused-ring (bicyclic) bond motifs is 1. The van der Waals surface area contributed by atoms with Gasteiger partial charge in [-0.15, -0.1) is 0 Å². The molecule has 0 spiro atoms. The van der Waals surface area contributed by atoms with E-state index < -0.39 is 0 Å². The number of carbonyl (C=O) groups is 1. The van der Waals surface area contributed by atoms with Crippen molar-refractivity contribution in [1.82, 2.24) is 4.57 Å². The zero-order valence-electron chi connectivity index (χ0n) is 23.9. The minimum Gasteiger partial charge on any atom is -0.372 e. The highest BCUT2D eigenvalue weighted by atomic mass is 16.1. The summed E-state index contributed by atoms with van der Waals surface area (Å²) in [5, 5.41) is 4.48. The molecular weight excluding hydrogens is 490 g/mol.